The van der Waals surface area contributed by atoms with Crippen molar-refractivity contribution in [3.63, 3.8) is 0 Å². The molecule has 0 aromatic rings. The van der Waals surface area contributed by atoms with Crippen LogP contribution in [0.3, 0.4) is 0 Å². The van der Waals surface area contributed by atoms with Crippen LogP contribution in [0, 0.1) is 5.92 Å². The van der Waals surface area contributed by atoms with Gasteiger partial charge in [0.1, 0.15) is 0 Å². The van der Waals surface area contributed by atoms with Crippen LogP contribution in [-0.2, 0) is 16.3 Å². The lowest BCUT2D eigenvalue weighted by atomic mass is 9.89. The van der Waals surface area contributed by atoms with Crippen molar-refractivity contribution in [2.24, 2.45) is 5.92 Å². The van der Waals surface area contributed by atoms with Gasteiger partial charge in [-0.1, -0.05) is 19.8 Å². The summed E-state index contributed by atoms with van der Waals surface area (Å²) in [5.74, 6) is 0.672. The Balaban J connectivity index is 2.37. The molecule has 4 heteroatoms. The fourth-order valence-corrected chi connectivity index (χ4v) is 2.83. The molecule has 0 aromatic heterocycles. The van der Waals surface area contributed by atoms with E-state index in [0.29, 0.717) is 5.92 Å². The zero-order chi connectivity index (χ0) is 9.19. The molecule has 1 saturated carbocycles. The molecular formula is C8H16FOPS. The van der Waals surface area contributed by atoms with E-state index < -0.39 is 6.58 Å². The molecule has 3 atom stereocenters. The lowest BCUT2D eigenvalue weighted by molar-refractivity contribution is 0.137. The molecule has 0 aromatic carbocycles. The first-order valence-electron chi connectivity index (χ1n) is 4.43. The van der Waals surface area contributed by atoms with Gasteiger partial charge in [0.2, 0.25) is 6.58 Å². The Labute approximate surface area is 78.9 Å². The van der Waals surface area contributed by atoms with Gasteiger partial charge in [0.25, 0.3) is 0 Å². The Morgan fingerprint density at radius 1 is 1.50 bits per heavy atom. The van der Waals surface area contributed by atoms with Crippen molar-refractivity contribution in [2.75, 3.05) is 6.66 Å². The van der Waals surface area contributed by atoms with E-state index in [1.54, 1.807) is 0 Å². The molecule has 1 unspecified atom stereocenters. The molecule has 0 bridgehead atoms. The molecule has 0 heterocycles. The van der Waals surface area contributed by atoms with E-state index in [9.17, 15) is 4.20 Å². The van der Waals surface area contributed by atoms with Crippen LogP contribution in [0.2, 0.25) is 0 Å². The second kappa shape index (κ2) is 4.17. The zero-order valence-electron chi connectivity index (χ0n) is 7.62. The minimum absolute atomic E-state index is 0.0922. The van der Waals surface area contributed by atoms with Crippen LogP contribution >= 0.6 is 6.58 Å². The van der Waals surface area contributed by atoms with Crippen molar-refractivity contribution in [3.8, 4) is 0 Å². The van der Waals surface area contributed by atoms with Gasteiger partial charge in [-0.25, -0.2) is 0 Å². The summed E-state index contributed by atoms with van der Waals surface area (Å²) >= 11 is 4.63. The highest BCUT2D eigenvalue weighted by atomic mass is 32.5. The van der Waals surface area contributed by atoms with Gasteiger partial charge in [-0.3, -0.25) is 0 Å². The Morgan fingerprint density at radius 2 is 2.17 bits per heavy atom. The van der Waals surface area contributed by atoms with Crippen molar-refractivity contribution < 1.29 is 8.72 Å². The smallest absolute Gasteiger partial charge is 0.229 e. The van der Waals surface area contributed by atoms with Crippen LogP contribution in [0.1, 0.15) is 32.6 Å². The largest absolute Gasteiger partial charge is 0.323 e. The molecular weight excluding hydrogens is 194 g/mol. The predicted molar refractivity (Wildman–Crippen MR) is 53.8 cm³/mol. The van der Waals surface area contributed by atoms with E-state index in [1.807, 2.05) is 0 Å². The Kier molecular flexibility index (Phi) is 3.69. The fourth-order valence-electron chi connectivity index (χ4n) is 1.74. The summed E-state index contributed by atoms with van der Waals surface area (Å²) in [5.41, 5.74) is 0. The summed E-state index contributed by atoms with van der Waals surface area (Å²) in [4.78, 5) is 0. The number of rotatable bonds is 2. The summed E-state index contributed by atoms with van der Waals surface area (Å²) < 4.78 is 18.2. The maximum Gasteiger partial charge on any atom is 0.229 e. The molecule has 1 aliphatic rings. The van der Waals surface area contributed by atoms with E-state index >= 15 is 0 Å². The molecule has 1 fully saturated rings. The summed E-state index contributed by atoms with van der Waals surface area (Å²) in [5, 5.41) is 0. The topological polar surface area (TPSA) is 9.23 Å². The molecule has 12 heavy (non-hydrogen) atoms. The molecule has 1 nitrogen and oxygen atoms in total. The lowest BCUT2D eigenvalue weighted by Crippen LogP contribution is -2.19. The number of hydrogen-bond acceptors (Lipinski definition) is 2. The monoisotopic (exact) mass is 210 g/mol. The third-order valence-corrected chi connectivity index (χ3v) is 3.16. The molecule has 0 radical (unpaired) electrons. The van der Waals surface area contributed by atoms with E-state index in [4.69, 9.17) is 4.52 Å². The number of halogens is 1. The van der Waals surface area contributed by atoms with Crippen molar-refractivity contribution >= 4 is 18.4 Å². The summed E-state index contributed by atoms with van der Waals surface area (Å²) in [6.07, 6.45) is 4.46. The van der Waals surface area contributed by atoms with Gasteiger partial charge in [-0.05, 0) is 30.6 Å². The van der Waals surface area contributed by atoms with Crippen LogP contribution in [0.4, 0.5) is 4.20 Å². The third kappa shape index (κ3) is 3.97. The van der Waals surface area contributed by atoms with Gasteiger partial charge in [-0.15, -0.1) is 0 Å². The first-order chi connectivity index (χ1) is 5.47. The van der Waals surface area contributed by atoms with E-state index in [-0.39, 0.29) is 6.10 Å². The maximum absolute atomic E-state index is 13.0. The van der Waals surface area contributed by atoms with Gasteiger partial charge < -0.3 is 4.52 Å². The molecule has 72 valence electrons. The first kappa shape index (κ1) is 10.6. The van der Waals surface area contributed by atoms with Gasteiger partial charge >= 0.3 is 0 Å². The number of hydrogen-bond donors (Lipinski definition) is 0. The van der Waals surface area contributed by atoms with E-state index in [2.05, 4.69) is 18.7 Å². The first-order valence-corrected chi connectivity index (χ1v) is 7.49. The van der Waals surface area contributed by atoms with Gasteiger partial charge in [0.15, 0.2) is 0 Å². The quantitative estimate of drug-likeness (QED) is 0.645. The van der Waals surface area contributed by atoms with E-state index in [1.165, 1.54) is 13.1 Å². The molecule has 1 rings (SSSR count). The van der Waals surface area contributed by atoms with Crippen molar-refractivity contribution in [3.05, 3.63) is 0 Å². The predicted octanol–water partition coefficient (Wildman–Crippen LogP) is 3.49. The highest BCUT2D eigenvalue weighted by Crippen LogP contribution is 2.48. The minimum Gasteiger partial charge on any atom is -0.323 e. The van der Waals surface area contributed by atoms with Crippen LogP contribution in [0.15, 0.2) is 0 Å². The van der Waals surface area contributed by atoms with Gasteiger partial charge in [0, 0.05) is 6.66 Å². The van der Waals surface area contributed by atoms with Crippen molar-refractivity contribution in [1.29, 1.82) is 0 Å². The fraction of sp³-hybridized carbons (Fsp3) is 1.00. The minimum atomic E-state index is -2.93. The summed E-state index contributed by atoms with van der Waals surface area (Å²) in [6.45, 7) is 0.664. The van der Waals surface area contributed by atoms with Crippen LogP contribution in [0.25, 0.3) is 0 Å². The Hall–Kier alpha value is 0.540. The molecule has 0 spiro atoms. The normalized spacial score (nSPS) is 35.9. The van der Waals surface area contributed by atoms with Crippen molar-refractivity contribution in [2.45, 2.75) is 38.7 Å². The Morgan fingerprint density at radius 3 is 2.67 bits per heavy atom. The van der Waals surface area contributed by atoms with E-state index in [0.717, 1.165) is 19.3 Å². The van der Waals surface area contributed by atoms with Crippen molar-refractivity contribution in [1.82, 2.24) is 0 Å². The van der Waals surface area contributed by atoms with Gasteiger partial charge in [0.05, 0.1) is 6.10 Å². The van der Waals surface area contributed by atoms with Gasteiger partial charge in [-0.2, -0.15) is 4.20 Å². The molecule has 0 amide bonds. The molecule has 0 N–H and O–H groups in total. The van der Waals surface area contributed by atoms with Crippen LogP contribution in [-0.4, -0.2) is 12.8 Å². The summed E-state index contributed by atoms with van der Waals surface area (Å²) in [6, 6.07) is 0. The molecule has 0 saturated heterocycles. The van der Waals surface area contributed by atoms with Crippen LogP contribution < -0.4 is 0 Å². The highest BCUT2D eigenvalue weighted by molar-refractivity contribution is 8.09. The third-order valence-electron chi connectivity index (χ3n) is 2.23. The molecule has 1 aliphatic carbocycles. The second-order valence-corrected chi connectivity index (χ2v) is 7.41. The molecule has 0 aliphatic heterocycles. The summed E-state index contributed by atoms with van der Waals surface area (Å²) in [7, 11) is 0. The van der Waals surface area contributed by atoms with Crippen LogP contribution in [0.5, 0.6) is 0 Å². The lowest BCUT2D eigenvalue weighted by Gasteiger charge is -2.27. The maximum atomic E-state index is 13.0. The standard InChI is InChI=1S/C8H16FOPS/c1-7-4-3-5-8(6-7)10-11(2,9)12/h7-8H,3-6H2,1-2H3/t7-,8-,11?/m0/s1. The SMILES string of the molecule is C[C@H]1CCC[C@H](OP(C)(F)=S)C1. The average Bonchev–Trinajstić information content (AvgIpc) is 1.82. The average molecular weight is 210 g/mol. The Bertz CT molecular complexity index is 191. The highest BCUT2D eigenvalue weighted by Gasteiger charge is 2.23. The second-order valence-electron chi connectivity index (χ2n) is 3.75. The zero-order valence-corrected chi connectivity index (χ0v) is 9.34.